The Hall–Kier alpha value is -1.63. The molecule has 0 bridgehead atoms. The predicted octanol–water partition coefficient (Wildman–Crippen LogP) is 1.71. The quantitative estimate of drug-likeness (QED) is 0.764. The highest BCUT2D eigenvalue weighted by Gasteiger charge is 2.23. The van der Waals surface area contributed by atoms with Crippen LogP contribution in [0.15, 0.2) is 24.3 Å². The van der Waals surface area contributed by atoms with Gasteiger partial charge in [0.2, 0.25) is 0 Å². The van der Waals surface area contributed by atoms with E-state index >= 15 is 0 Å². The molecular formula is C18H27NO5. The molecule has 0 radical (unpaired) electrons. The molecule has 134 valence electrons. The number of carbonyl (C=O) groups is 1. The number of β-amino-alcohol motifs (C(OH)–C–C–N with tert-alkyl or cyclic N) is 1. The van der Waals surface area contributed by atoms with Gasteiger partial charge < -0.3 is 19.3 Å². The highest BCUT2D eigenvalue weighted by atomic mass is 16.5. The second kappa shape index (κ2) is 9.01. The minimum absolute atomic E-state index is 0.178. The summed E-state index contributed by atoms with van der Waals surface area (Å²) in [5.41, 5.74) is 0.487. The number of hydrogen-bond donors (Lipinski definition) is 1. The third kappa shape index (κ3) is 5.78. The van der Waals surface area contributed by atoms with Crippen LogP contribution in [0.3, 0.4) is 0 Å². The molecule has 2 rings (SSSR count). The lowest BCUT2D eigenvalue weighted by atomic mass is 10.2. The Kier molecular flexibility index (Phi) is 7.02. The smallest absolute Gasteiger partial charge is 0.338 e. The average Bonchev–Trinajstić information content (AvgIpc) is 2.52. The first-order valence-corrected chi connectivity index (χ1v) is 8.43. The molecule has 1 aromatic rings. The van der Waals surface area contributed by atoms with E-state index in [1.54, 1.807) is 31.2 Å². The Bertz CT molecular complexity index is 509. The summed E-state index contributed by atoms with van der Waals surface area (Å²) in [6, 6.07) is 6.73. The number of morpholine rings is 1. The Labute approximate surface area is 143 Å². The lowest BCUT2D eigenvalue weighted by Crippen LogP contribution is -2.48. The molecule has 1 saturated heterocycles. The van der Waals surface area contributed by atoms with Crippen LogP contribution in [0.1, 0.15) is 31.1 Å². The lowest BCUT2D eigenvalue weighted by molar-refractivity contribution is -0.0786. The Morgan fingerprint density at radius 1 is 1.29 bits per heavy atom. The molecule has 1 fully saturated rings. The number of carbonyl (C=O) groups excluding carboxylic acids is 1. The van der Waals surface area contributed by atoms with Crippen molar-refractivity contribution < 1.29 is 24.1 Å². The van der Waals surface area contributed by atoms with Gasteiger partial charge in [-0.2, -0.15) is 0 Å². The molecule has 0 spiro atoms. The van der Waals surface area contributed by atoms with Crippen molar-refractivity contribution in [3.63, 3.8) is 0 Å². The predicted molar refractivity (Wildman–Crippen MR) is 90.3 cm³/mol. The van der Waals surface area contributed by atoms with Crippen molar-refractivity contribution in [2.75, 3.05) is 32.8 Å². The molecule has 24 heavy (non-hydrogen) atoms. The van der Waals surface area contributed by atoms with Crippen LogP contribution in [0.4, 0.5) is 0 Å². The molecule has 0 saturated carbocycles. The van der Waals surface area contributed by atoms with Gasteiger partial charge in [-0.3, -0.25) is 4.90 Å². The van der Waals surface area contributed by atoms with Crippen LogP contribution in [0.5, 0.6) is 5.75 Å². The Morgan fingerprint density at radius 3 is 2.50 bits per heavy atom. The summed E-state index contributed by atoms with van der Waals surface area (Å²) in [4.78, 5) is 13.8. The summed E-state index contributed by atoms with van der Waals surface area (Å²) in [6.07, 6.45) is -0.221. The van der Waals surface area contributed by atoms with Gasteiger partial charge in [0.15, 0.2) is 0 Å². The molecule has 0 aliphatic carbocycles. The fourth-order valence-corrected chi connectivity index (χ4v) is 2.88. The minimum atomic E-state index is -0.577. The van der Waals surface area contributed by atoms with Crippen LogP contribution >= 0.6 is 0 Å². The van der Waals surface area contributed by atoms with E-state index < -0.39 is 6.10 Å². The van der Waals surface area contributed by atoms with Gasteiger partial charge in [-0.05, 0) is 45.0 Å². The van der Waals surface area contributed by atoms with Crippen molar-refractivity contribution in [2.24, 2.45) is 0 Å². The van der Waals surface area contributed by atoms with Crippen molar-refractivity contribution in [3.05, 3.63) is 29.8 Å². The molecule has 1 aliphatic heterocycles. The highest BCUT2D eigenvalue weighted by Crippen LogP contribution is 2.14. The van der Waals surface area contributed by atoms with Crippen LogP contribution in [0.2, 0.25) is 0 Å². The molecular weight excluding hydrogens is 310 g/mol. The molecule has 1 aliphatic rings. The minimum Gasteiger partial charge on any atom is -0.491 e. The number of aliphatic hydroxyl groups excluding tert-OH is 1. The number of rotatable bonds is 7. The molecule has 1 N–H and O–H groups in total. The zero-order valence-electron chi connectivity index (χ0n) is 14.6. The summed E-state index contributed by atoms with van der Waals surface area (Å²) in [6.45, 7) is 8.59. The summed E-state index contributed by atoms with van der Waals surface area (Å²) in [5.74, 6) is 0.269. The van der Waals surface area contributed by atoms with Gasteiger partial charge in [0.05, 0.1) is 24.4 Å². The second-order valence-electron chi connectivity index (χ2n) is 6.19. The number of ether oxygens (including phenoxy) is 3. The van der Waals surface area contributed by atoms with E-state index in [9.17, 15) is 9.90 Å². The van der Waals surface area contributed by atoms with Gasteiger partial charge in [-0.15, -0.1) is 0 Å². The Morgan fingerprint density at radius 2 is 1.92 bits per heavy atom. The fourth-order valence-electron chi connectivity index (χ4n) is 2.88. The normalized spacial score (nSPS) is 22.8. The van der Waals surface area contributed by atoms with Gasteiger partial charge in [-0.1, -0.05) is 0 Å². The molecule has 6 heteroatoms. The third-order valence-corrected chi connectivity index (χ3v) is 3.77. The van der Waals surface area contributed by atoms with Crippen molar-refractivity contribution >= 4 is 5.97 Å². The standard InChI is InChI=1S/C18H27NO5/c1-4-22-18(21)15-5-7-17(8-6-15)23-12-16(20)11-19-9-13(2)24-14(3)10-19/h5-8,13-14,16,20H,4,9-12H2,1-3H3/t13-,14-,16+/m0/s1. The summed E-state index contributed by atoms with van der Waals surface area (Å²) in [5, 5.41) is 10.2. The van der Waals surface area contributed by atoms with E-state index in [0.717, 1.165) is 13.1 Å². The van der Waals surface area contributed by atoms with Gasteiger partial charge >= 0.3 is 5.97 Å². The van der Waals surface area contributed by atoms with E-state index in [1.807, 2.05) is 13.8 Å². The Balaban J connectivity index is 1.77. The van der Waals surface area contributed by atoms with Gasteiger partial charge in [0, 0.05) is 19.6 Å². The van der Waals surface area contributed by atoms with Crippen LogP contribution in [-0.4, -0.2) is 67.1 Å². The number of hydrogen-bond acceptors (Lipinski definition) is 6. The molecule has 1 heterocycles. The molecule has 0 aromatic heterocycles. The van der Waals surface area contributed by atoms with Gasteiger partial charge in [0.25, 0.3) is 0 Å². The fraction of sp³-hybridized carbons (Fsp3) is 0.611. The first-order chi connectivity index (χ1) is 11.5. The lowest BCUT2D eigenvalue weighted by Gasteiger charge is -2.36. The first kappa shape index (κ1) is 18.7. The van der Waals surface area contributed by atoms with Gasteiger partial charge in [0.1, 0.15) is 18.5 Å². The zero-order chi connectivity index (χ0) is 17.5. The van der Waals surface area contributed by atoms with Crippen molar-refractivity contribution in [1.82, 2.24) is 4.90 Å². The molecule has 0 unspecified atom stereocenters. The van der Waals surface area contributed by atoms with Crippen LogP contribution in [0, 0.1) is 0 Å². The number of benzene rings is 1. The average molecular weight is 337 g/mol. The summed E-state index contributed by atoms with van der Waals surface area (Å²) < 4.78 is 16.2. The highest BCUT2D eigenvalue weighted by molar-refractivity contribution is 5.89. The molecule has 3 atom stereocenters. The van der Waals surface area contributed by atoms with Crippen LogP contribution in [-0.2, 0) is 9.47 Å². The monoisotopic (exact) mass is 337 g/mol. The maximum Gasteiger partial charge on any atom is 0.338 e. The van der Waals surface area contributed by atoms with E-state index in [4.69, 9.17) is 14.2 Å². The van der Waals surface area contributed by atoms with E-state index in [1.165, 1.54) is 0 Å². The second-order valence-corrected chi connectivity index (χ2v) is 6.19. The number of esters is 1. The van der Waals surface area contributed by atoms with E-state index in [0.29, 0.717) is 24.5 Å². The number of aliphatic hydroxyl groups is 1. The molecule has 6 nitrogen and oxygen atoms in total. The molecule has 0 amide bonds. The zero-order valence-corrected chi connectivity index (χ0v) is 14.6. The van der Waals surface area contributed by atoms with Crippen molar-refractivity contribution in [3.8, 4) is 5.75 Å². The number of nitrogens with zero attached hydrogens (tertiary/aromatic N) is 1. The maximum absolute atomic E-state index is 11.6. The van der Waals surface area contributed by atoms with E-state index in [2.05, 4.69) is 4.90 Å². The van der Waals surface area contributed by atoms with Crippen molar-refractivity contribution in [2.45, 2.75) is 39.1 Å². The summed E-state index contributed by atoms with van der Waals surface area (Å²) in [7, 11) is 0. The molecule has 1 aromatic carbocycles. The van der Waals surface area contributed by atoms with Crippen LogP contribution < -0.4 is 4.74 Å². The topological polar surface area (TPSA) is 68.2 Å². The maximum atomic E-state index is 11.6. The van der Waals surface area contributed by atoms with Crippen LogP contribution in [0.25, 0.3) is 0 Å². The van der Waals surface area contributed by atoms with Crippen molar-refractivity contribution in [1.29, 1.82) is 0 Å². The third-order valence-electron chi connectivity index (χ3n) is 3.77. The first-order valence-electron chi connectivity index (χ1n) is 8.43. The van der Waals surface area contributed by atoms with Gasteiger partial charge in [-0.25, -0.2) is 4.79 Å². The largest absolute Gasteiger partial charge is 0.491 e. The summed E-state index contributed by atoms with van der Waals surface area (Å²) >= 11 is 0. The van der Waals surface area contributed by atoms with E-state index in [-0.39, 0.29) is 24.8 Å². The SMILES string of the molecule is CCOC(=O)c1ccc(OC[C@H](O)CN2C[C@H](C)O[C@@H](C)C2)cc1.